The number of amides is 2. The summed E-state index contributed by atoms with van der Waals surface area (Å²) >= 11 is 0. The largest absolute Gasteiger partial charge is 0.491 e. The fraction of sp³-hybridized carbons (Fsp3) is 0.278. The van der Waals surface area contributed by atoms with Crippen molar-refractivity contribution < 1.29 is 14.3 Å². The monoisotopic (exact) mass is 312 g/mol. The molecule has 1 saturated heterocycles. The Morgan fingerprint density at radius 1 is 1.09 bits per heavy atom. The van der Waals surface area contributed by atoms with Gasteiger partial charge in [-0.25, -0.2) is 4.79 Å². The lowest BCUT2D eigenvalue weighted by Gasteiger charge is -2.13. The summed E-state index contributed by atoms with van der Waals surface area (Å²) in [5, 5.41) is 5.57. The van der Waals surface area contributed by atoms with Crippen LogP contribution in [0.15, 0.2) is 54.6 Å². The summed E-state index contributed by atoms with van der Waals surface area (Å²) in [5.41, 5.74) is 1.43. The first-order valence-corrected chi connectivity index (χ1v) is 7.77. The summed E-state index contributed by atoms with van der Waals surface area (Å²) in [6, 6.07) is 16.4. The molecule has 0 spiro atoms. The van der Waals surface area contributed by atoms with Crippen molar-refractivity contribution in [3.63, 3.8) is 0 Å². The van der Waals surface area contributed by atoms with Gasteiger partial charge < -0.3 is 20.1 Å². The van der Waals surface area contributed by atoms with Crippen molar-refractivity contribution >= 4 is 17.4 Å². The van der Waals surface area contributed by atoms with Crippen molar-refractivity contribution in [2.45, 2.75) is 18.9 Å². The molecule has 23 heavy (non-hydrogen) atoms. The van der Waals surface area contributed by atoms with Gasteiger partial charge in [0.15, 0.2) is 0 Å². The Kier molecular flexibility index (Phi) is 5.11. The van der Waals surface area contributed by atoms with E-state index in [4.69, 9.17) is 9.47 Å². The highest BCUT2D eigenvalue weighted by atomic mass is 16.5. The Labute approximate surface area is 135 Å². The number of hydrogen-bond donors (Lipinski definition) is 2. The first kappa shape index (κ1) is 15.4. The average molecular weight is 312 g/mol. The Bertz CT molecular complexity index is 640. The molecule has 5 heteroatoms. The predicted molar refractivity (Wildman–Crippen MR) is 90.0 cm³/mol. The second-order valence-corrected chi connectivity index (χ2v) is 5.42. The molecular formula is C18H20N2O3. The lowest BCUT2D eigenvalue weighted by Crippen LogP contribution is -2.19. The number of carbonyl (C=O) groups excluding carboxylic acids is 1. The fourth-order valence-electron chi connectivity index (χ4n) is 2.44. The summed E-state index contributed by atoms with van der Waals surface area (Å²) in [5.74, 6) is 0.720. The first-order valence-electron chi connectivity index (χ1n) is 7.77. The summed E-state index contributed by atoms with van der Waals surface area (Å²) in [6.07, 6.45) is 2.31. The van der Waals surface area contributed by atoms with Crippen molar-refractivity contribution in [1.82, 2.24) is 0 Å². The van der Waals surface area contributed by atoms with Crippen molar-refractivity contribution in [1.29, 1.82) is 0 Å². The van der Waals surface area contributed by atoms with E-state index >= 15 is 0 Å². The maximum atomic E-state index is 12.0. The van der Waals surface area contributed by atoms with Crippen LogP contribution in [0.5, 0.6) is 5.75 Å². The van der Waals surface area contributed by atoms with Gasteiger partial charge in [-0.15, -0.1) is 0 Å². The van der Waals surface area contributed by atoms with Crippen LogP contribution in [0.2, 0.25) is 0 Å². The zero-order chi connectivity index (χ0) is 15.9. The molecule has 2 aromatic carbocycles. The van der Waals surface area contributed by atoms with Gasteiger partial charge >= 0.3 is 6.03 Å². The fourth-order valence-corrected chi connectivity index (χ4v) is 2.44. The molecule has 0 unspecified atom stereocenters. The summed E-state index contributed by atoms with van der Waals surface area (Å²) in [7, 11) is 0. The third-order valence-corrected chi connectivity index (χ3v) is 3.58. The van der Waals surface area contributed by atoms with Crippen LogP contribution >= 0.6 is 0 Å². The van der Waals surface area contributed by atoms with Gasteiger partial charge in [0, 0.05) is 24.0 Å². The molecule has 120 valence electrons. The normalized spacial score (nSPS) is 16.8. The van der Waals surface area contributed by atoms with Crippen LogP contribution in [0.1, 0.15) is 12.8 Å². The number of anilines is 2. The highest BCUT2D eigenvalue weighted by Gasteiger charge is 2.16. The molecule has 1 fully saturated rings. The highest BCUT2D eigenvalue weighted by Crippen LogP contribution is 2.20. The SMILES string of the molecule is O=C(Nc1ccccc1)Nc1cccc(OC[C@@H]2CCCO2)c1. The number of benzene rings is 2. The molecule has 1 heterocycles. The van der Waals surface area contributed by atoms with Crippen molar-refractivity contribution in [2.75, 3.05) is 23.8 Å². The molecule has 1 aliphatic heterocycles. The lowest BCUT2D eigenvalue weighted by molar-refractivity contribution is 0.0680. The quantitative estimate of drug-likeness (QED) is 0.880. The third-order valence-electron chi connectivity index (χ3n) is 3.58. The predicted octanol–water partition coefficient (Wildman–Crippen LogP) is 3.89. The summed E-state index contributed by atoms with van der Waals surface area (Å²) < 4.78 is 11.3. The van der Waals surface area contributed by atoms with E-state index in [0.29, 0.717) is 12.3 Å². The van der Waals surface area contributed by atoms with Crippen LogP contribution < -0.4 is 15.4 Å². The van der Waals surface area contributed by atoms with E-state index < -0.39 is 0 Å². The second kappa shape index (κ2) is 7.65. The van der Waals surface area contributed by atoms with E-state index in [9.17, 15) is 4.79 Å². The topological polar surface area (TPSA) is 59.6 Å². The molecule has 1 aliphatic rings. The molecule has 0 bridgehead atoms. The molecule has 0 aliphatic carbocycles. The summed E-state index contributed by atoms with van der Waals surface area (Å²) in [6.45, 7) is 1.36. The number of hydrogen-bond acceptors (Lipinski definition) is 3. The third kappa shape index (κ3) is 4.72. The number of carbonyl (C=O) groups is 1. The van der Waals surface area contributed by atoms with Crippen molar-refractivity contribution in [2.24, 2.45) is 0 Å². The van der Waals surface area contributed by atoms with Gasteiger partial charge in [0.1, 0.15) is 12.4 Å². The number of ether oxygens (including phenoxy) is 2. The smallest absolute Gasteiger partial charge is 0.323 e. The van der Waals surface area contributed by atoms with E-state index in [0.717, 1.165) is 30.9 Å². The molecule has 0 aromatic heterocycles. The Balaban J connectivity index is 1.53. The van der Waals surface area contributed by atoms with Crippen LogP contribution in [0, 0.1) is 0 Å². The number of nitrogens with one attached hydrogen (secondary N) is 2. The van der Waals surface area contributed by atoms with Gasteiger partial charge in [-0.05, 0) is 37.1 Å². The van der Waals surface area contributed by atoms with Crippen LogP contribution in [0.4, 0.5) is 16.2 Å². The molecule has 5 nitrogen and oxygen atoms in total. The molecule has 2 amide bonds. The molecule has 2 N–H and O–H groups in total. The zero-order valence-electron chi connectivity index (χ0n) is 12.8. The molecular weight excluding hydrogens is 292 g/mol. The second-order valence-electron chi connectivity index (χ2n) is 5.42. The Hall–Kier alpha value is -2.53. The molecule has 0 saturated carbocycles. The number of urea groups is 1. The van der Waals surface area contributed by atoms with E-state index in [1.807, 2.05) is 48.5 Å². The van der Waals surface area contributed by atoms with Crippen molar-refractivity contribution in [3.8, 4) is 5.75 Å². The lowest BCUT2D eigenvalue weighted by atomic mass is 10.2. The van der Waals surface area contributed by atoms with Gasteiger partial charge in [-0.1, -0.05) is 24.3 Å². The number of para-hydroxylation sites is 1. The van der Waals surface area contributed by atoms with Gasteiger partial charge in [-0.3, -0.25) is 0 Å². The van der Waals surface area contributed by atoms with E-state index in [1.54, 1.807) is 6.07 Å². The van der Waals surface area contributed by atoms with E-state index in [-0.39, 0.29) is 12.1 Å². The number of rotatable bonds is 5. The molecule has 3 rings (SSSR count). The maximum absolute atomic E-state index is 12.0. The maximum Gasteiger partial charge on any atom is 0.323 e. The first-order chi connectivity index (χ1) is 11.3. The van der Waals surface area contributed by atoms with E-state index in [1.165, 1.54) is 0 Å². The standard InChI is InChI=1S/C18H20N2O3/c21-18(19-14-6-2-1-3-7-14)20-15-8-4-9-16(12-15)23-13-17-10-5-11-22-17/h1-4,6-9,12,17H,5,10-11,13H2,(H2,19,20,21)/t17-/m0/s1. The van der Waals surface area contributed by atoms with E-state index in [2.05, 4.69) is 10.6 Å². The minimum atomic E-state index is -0.285. The van der Waals surface area contributed by atoms with Crippen LogP contribution in [-0.4, -0.2) is 25.3 Å². The Morgan fingerprint density at radius 2 is 1.87 bits per heavy atom. The van der Waals surface area contributed by atoms with Gasteiger partial charge in [0.25, 0.3) is 0 Å². The van der Waals surface area contributed by atoms with Crippen LogP contribution in [-0.2, 0) is 4.74 Å². The average Bonchev–Trinajstić information content (AvgIpc) is 3.07. The minimum Gasteiger partial charge on any atom is -0.491 e. The minimum absolute atomic E-state index is 0.174. The van der Waals surface area contributed by atoms with Gasteiger partial charge in [0.05, 0.1) is 6.10 Å². The van der Waals surface area contributed by atoms with Crippen molar-refractivity contribution in [3.05, 3.63) is 54.6 Å². The van der Waals surface area contributed by atoms with Gasteiger partial charge in [-0.2, -0.15) is 0 Å². The molecule has 1 atom stereocenters. The van der Waals surface area contributed by atoms with Crippen LogP contribution in [0.3, 0.4) is 0 Å². The van der Waals surface area contributed by atoms with Gasteiger partial charge in [0.2, 0.25) is 0 Å². The zero-order valence-corrected chi connectivity index (χ0v) is 12.8. The van der Waals surface area contributed by atoms with Crippen LogP contribution in [0.25, 0.3) is 0 Å². The Morgan fingerprint density at radius 3 is 2.65 bits per heavy atom. The highest BCUT2D eigenvalue weighted by molar-refractivity contribution is 5.99. The summed E-state index contributed by atoms with van der Waals surface area (Å²) in [4.78, 5) is 12.0. The molecule has 0 radical (unpaired) electrons. The molecule has 2 aromatic rings.